The molecule has 1 saturated heterocycles. The first-order valence-corrected chi connectivity index (χ1v) is 6.90. The normalized spacial score (nSPS) is 21.1. The second-order valence-corrected chi connectivity index (χ2v) is 5.71. The quantitative estimate of drug-likeness (QED) is 0.875. The Balaban J connectivity index is 2.21. The minimum Gasteiger partial charge on any atom is -0.379 e. The predicted molar refractivity (Wildman–Crippen MR) is 80.5 cm³/mol. The highest BCUT2D eigenvalue weighted by Crippen LogP contribution is 2.26. The largest absolute Gasteiger partial charge is 0.379 e. The summed E-state index contributed by atoms with van der Waals surface area (Å²) in [5, 5.41) is 3.03. The Morgan fingerprint density at radius 1 is 1.43 bits per heavy atom. The molecule has 6 nitrogen and oxygen atoms in total. The van der Waals surface area contributed by atoms with Crippen molar-refractivity contribution in [2.45, 2.75) is 12.0 Å². The fourth-order valence-corrected chi connectivity index (χ4v) is 2.18. The van der Waals surface area contributed by atoms with Crippen LogP contribution < -0.4 is 11.1 Å². The molecule has 1 unspecified atom stereocenters. The molecule has 1 aliphatic heterocycles. The Morgan fingerprint density at radius 2 is 2.14 bits per heavy atom. The van der Waals surface area contributed by atoms with Crippen LogP contribution in [0.25, 0.3) is 0 Å². The van der Waals surface area contributed by atoms with Gasteiger partial charge in [-0.1, -0.05) is 11.6 Å². The second kappa shape index (κ2) is 6.01. The number of halogens is 1. The Labute approximate surface area is 128 Å². The molecule has 21 heavy (non-hydrogen) atoms. The summed E-state index contributed by atoms with van der Waals surface area (Å²) in [6, 6.07) is 4.72. The number of anilines is 1. The molecule has 0 aliphatic carbocycles. The number of amides is 2. The predicted octanol–water partition coefficient (Wildman–Crippen LogP) is 1.10. The molecule has 7 heteroatoms. The van der Waals surface area contributed by atoms with Crippen molar-refractivity contribution in [2.24, 2.45) is 5.73 Å². The van der Waals surface area contributed by atoms with Gasteiger partial charge in [0.05, 0.1) is 17.3 Å². The van der Waals surface area contributed by atoms with Crippen LogP contribution >= 0.6 is 11.6 Å². The van der Waals surface area contributed by atoms with Gasteiger partial charge in [-0.05, 0) is 24.6 Å². The van der Waals surface area contributed by atoms with Gasteiger partial charge >= 0.3 is 0 Å². The summed E-state index contributed by atoms with van der Waals surface area (Å²) >= 11 is 6.06. The van der Waals surface area contributed by atoms with Gasteiger partial charge in [0.2, 0.25) is 5.91 Å². The summed E-state index contributed by atoms with van der Waals surface area (Å²) in [4.78, 5) is 25.6. The third-order valence-corrected chi connectivity index (χ3v) is 3.70. The zero-order chi connectivity index (χ0) is 15.6. The zero-order valence-electron chi connectivity index (χ0n) is 12.0. The van der Waals surface area contributed by atoms with E-state index in [1.807, 2.05) is 0 Å². The lowest BCUT2D eigenvalue weighted by Crippen LogP contribution is -2.51. The highest BCUT2D eigenvalue weighted by molar-refractivity contribution is 6.34. The summed E-state index contributed by atoms with van der Waals surface area (Å²) in [7, 11) is 3.31. The smallest absolute Gasteiger partial charge is 0.253 e. The van der Waals surface area contributed by atoms with E-state index in [1.165, 1.54) is 4.90 Å². The number of nitrogens with one attached hydrogen (secondary N) is 1. The second-order valence-electron chi connectivity index (χ2n) is 5.31. The molecule has 114 valence electrons. The van der Waals surface area contributed by atoms with Crippen LogP contribution in [0, 0.1) is 0 Å². The fraction of sp³-hybridized carbons (Fsp3) is 0.429. The summed E-state index contributed by atoms with van der Waals surface area (Å²) in [6.07, 6.45) is 0.451. The van der Waals surface area contributed by atoms with Crippen LogP contribution in [0.2, 0.25) is 5.02 Å². The molecule has 0 aromatic heterocycles. The van der Waals surface area contributed by atoms with E-state index in [0.717, 1.165) is 0 Å². The van der Waals surface area contributed by atoms with Crippen LogP contribution in [0.4, 0.5) is 5.69 Å². The molecule has 1 atom stereocenters. The molecule has 2 amide bonds. The third-order valence-electron chi connectivity index (χ3n) is 3.37. The van der Waals surface area contributed by atoms with E-state index < -0.39 is 5.54 Å². The number of ether oxygens (including phenoxy) is 1. The van der Waals surface area contributed by atoms with Gasteiger partial charge in [-0.15, -0.1) is 0 Å². The van der Waals surface area contributed by atoms with E-state index in [1.54, 1.807) is 32.3 Å². The van der Waals surface area contributed by atoms with Gasteiger partial charge in [0.25, 0.3) is 5.91 Å². The van der Waals surface area contributed by atoms with Crippen molar-refractivity contribution in [2.75, 3.05) is 32.6 Å². The van der Waals surface area contributed by atoms with Crippen LogP contribution in [0.3, 0.4) is 0 Å². The van der Waals surface area contributed by atoms with Crippen molar-refractivity contribution < 1.29 is 14.3 Å². The number of hydrogen-bond donors (Lipinski definition) is 2. The van der Waals surface area contributed by atoms with Crippen molar-refractivity contribution in [1.29, 1.82) is 0 Å². The number of benzene rings is 1. The van der Waals surface area contributed by atoms with E-state index in [-0.39, 0.29) is 18.4 Å². The molecule has 1 fully saturated rings. The molecular weight excluding hydrogens is 294 g/mol. The first-order valence-electron chi connectivity index (χ1n) is 6.53. The first-order chi connectivity index (χ1) is 9.83. The Bertz CT molecular complexity index is 569. The topological polar surface area (TPSA) is 84.7 Å². The molecule has 1 aromatic carbocycles. The highest BCUT2D eigenvalue weighted by atomic mass is 35.5. The lowest BCUT2D eigenvalue weighted by atomic mass is 9.99. The third kappa shape index (κ3) is 3.34. The molecule has 0 saturated carbocycles. The monoisotopic (exact) mass is 311 g/mol. The number of rotatable bonds is 3. The van der Waals surface area contributed by atoms with E-state index in [4.69, 9.17) is 22.1 Å². The molecule has 3 N–H and O–H groups in total. The van der Waals surface area contributed by atoms with E-state index >= 15 is 0 Å². The summed E-state index contributed by atoms with van der Waals surface area (Å²) in [5.41, 5.74) is 5.75. The van der Waals surface area contributed by atoms with Crippen LogP contribution in [-0.4, -0.2) is 49.6 Å². The van der Waals surface area contributed by atoms with Gasteiger partial charge in [0.1, 0.15) is 5.54 Å². The van der Waals surface area contributed by atoms with Gasteiger partial charge in [-0.3, -0.25) is 9.59 Å². The number of hydrogen-bond acceptors (Lipinski definition) is 4. The van der Waals surface area contributed by atoms with Crippen molar-refractivity contribution in [3.63, 3.8) is 0 Å². The fourth-order valence-electron chi connectivity index (χ4n) is 2.02. The van der Waals surface area contributed by atoms with Crippen molar-refractivity contribution >= 4 is 29.1 Å². The van der Waals surface area contributed by atoms with Crippen LogP contribution in [0.15, 0.2) is 18.2 Å². The molecular formula is C14H18ClN3O3. The summed E-state index contributed by atoms with van der Waals surface area (Å²) in [6.45, 7) is 0.629. The van der Waals surface area contributed by atoms with E-state index in [9.17, 15) is 9.59 Å². The van der Waals surface area contributed by atoms with Crippen molar-refractivity contribution in [1.82, 2.24) is 4.90 Å². The average molecular weight is 312 g/mol. The summed E-state index contributed by atoms with van der Waals surface area (Å²) in [5.74, 6) is -0.537. The number of carbonyl (C=O) groups excluding carboxylic acids is 2. The highest BCUT2D eigenvalue weighted by Gasteiger charge is 2.38. The Kier molecular flexibility index (Phi) is 4.51. The molecule has 1 aromatic rings. The van der Waals surface area contributed by atoms with Crippen LogP contribution in [0.5, 0.6) is 0 Å². The standard InChI is InChI=1S/C14H18ClN3O3/c1-18(2)12(19)9-3-4-10(15)11(7-9)17-13(20)14(16)5-6-21-8-14/h3-4,7H,5-6,8,16H2,1-2H3,(H,17,20). The van der Waals surface area contributed by atoms with Gasteiger partial charge in [-0.25, -0.2) is 0 Å². The molecule has 0 spiro atoms. The first kappa shape index (κ1) is 15.8. The van der Waals surface area contributed by atoms with Gasteiger partial charge in [0.15, 0.2) is 0 Å². The molecule has 0 radical (unpaired) electrons. The minimum atomic E-state index is -1.05. The number of nitrogens with two attached hydrogens (primary N) is 1. The van der Waals surface area contributed by atoms with E-state index in [2.05, 4.69) is 5.32 Å². The van der Waals surface area contributed by atoms with Crippen LogP contribution in [-0.2, 0) is 9.53 Å². The maximum atomic E-state index is 12.2. The molecule has 0 bridgehead atoms. The molecule has 1 heterocycles. The van der Waals surface area contributed by atoms with Gasteiger partial charge in [0, 0.05) is 26.3 Å². The molecule has 1 aliphatic rings. The lowest BCUT2D eigenvalue weighted by molar-refractivity contribution is -0.121. The SMILES string of the molecule is CN(C)C(=O)c1ccc(Cl)c(NC(=O)C2(N)CCOC2)c1. The molecule has 2 rings (SSSR count). The minimum absolute atomic E-state index is 0.172. The number of nitrogens with zero attached hydrogens (tertiary/aromatic N) is 1. The maximum absolute atomic E-state index is 12.2. The van der Waals surface area contributed by atoms with Gasteiger partial charge < -0.3 is 20.7 Å². The average Bonchev–Trinajstić information content (AvgIpc) is 2.88. The maximum Gasteiger partial charge on any atom is 0.253 e. The summed E-state index contributed by atoms with van der Waals surface area (Å²) < 4.78 is 5.16. The lowest BCUT2D eigenvalue weighted by Gasteiger charge is -2.21. The van der Waals surface area contributed by atoms with E-state index in [0.29, 0.717) is 29.3 Å². The zero-order valence-corrected chi connectivity index (χ0v) is 12.7. The number of carbonyl (C=O) groups is 2. The Morgan fingerprint density at radius 3 is 2.71 bits per heavy atom. The Hall–Kier alpha value is -1.63. The van der Waals surface area contributed by atoms with Gasteiger partial charge in [-0.2, -0.15) is 0 Å². The van der Waals surface area contributed by atoms with Crippen LogP contribution in [0.1, 0.15) is 16.8 Å². The van der Waals surface area contributed by atoms with Crippen molar-refractivity contribution in [3.05, 3.63) is 28.8 Å². The van der Waals surface area contributed by atoms with Crippen molar-refractivity contribution in [3.8, 4) is 0 Å².